The van der Waals surface area contributed by atoms with Crippen LogP contribution in [-0.2, 0) is 22.6 Å². The zero-order valence-electron chi connectivity index (χ0n) is 57.7. The van der Waals surface area contributed by atoms with Crippen LogP contribution in [0.3, 0.4) is 0 Å². The fourth-order valence-corrected chi connectivity index (χ4v) is 10.5. The molecular weight excluding hydrogens is 1510 g/mol. The van der Waals surface area contributed by atoms with E-state index < -0.39 is 35.2 Å². The zero-order chi connectivity index (χ0) is 77.1. The molecule has 14 N–H and O–H groups in total. The van der Waals surface area contributed by atoms with Crippen LogP contribution in [0.5, 0.6) is 11.5 Å². The lowest BCUT2D eigenvalue weighted by molar-refractivity contribution is -0.275. The molecule has 38 heteroatoms. The summed E-state index contributed by atoms with van der Waals surface area (Å²) in [5.74, 6) is 2.44. The monoisotopic (exact) mass is 1600 g/mol. The number of H-pyrrole nitrogens is 2. The van der Waals surface area contributed by atoms with Crippen LogP contribution in [0.4, 0.5) is 53.5 Å². The average molecular weight is 1600 g/mol. The van der Waals surface area contributed by atoms with Gasteiger partial charge in [0, 0.05) is 68.2 Å². The molecule has 0 unspecified atom stereocenters. The Hall–Kier alpha value is -6.65. The number of alkyl carbamates (subject to hydrolysis) is 2. The number of aromatic nitrogens is 8. The van der Waals surface area contributed by atoms with E-state index in [1.54, 1.807) is 19.1 Å². The average Bonchev–Trinajstić information content (AvgIpc) is 0.865. The van der Waals surface area contributed by atoms with E-state index in [1.807, 2.05) is 46.5 Å². The molecule has 3 aliphatic rings. The van der Waals surface area contributed by atoms with Gasteiger partial charge in [0.15, 0.2) is 5.15 Å². The van der Waals surface area contributed by atoms with E-state index in [2.05, 4.69) is 70.9 Å². The van der Waals surface area contributed by atoms with Crippen molar-refractivity contribution >= 4 is 111 Å². The third-order valence-electron chi connectivity index (χ3n) is 14.4. The van der Waals surface area contributed by atoms with E-state index >= 15 is 0 Å². The van der Waals surface area contributed by atoms with Crippen molar-refractivity contribution in [3.05, 3.63) is 141 Å². The van der Waals surface area contributed by atoms with Crippen molar-refractivity contribution in [3.8, 4) is 11.5 Å². The van der Waals surface area contributed by atoms with Crippen molar-refractivity contribution in [2.45, 2.75) is 181 Å². The number of benzene rings is 2. The molecule has 574 valence electrons. The Balaban J connectivity index is 0.000000335. The van der Waals surface area contributed by atoms with Crippen molar-refractivity contribution in [3.63, 3.8) is 0 Å². The number of rotatable bonds is 15. The van der Waals surface area contributed by atoms with E-state index in [4.69, 9.17) is 113 Å². The number of hydrogen-bond acceptors (Lipinski definition) is 21. The minimum atomic E-state index is -4.76. The summed E-state index contributed by atoms with van der Waals surface area (Å²) in [6.45, 7) is 15.5. The largest absolute Gasteiger partial charge is 0.573 e. The van der Waals surface area contributed by atoms with Crippen LogP contribution in [-0.4, -0.2) is 125 Å². The Morgan fingerprint density at radius 1 is 0.573 bits per heavy atom. The van der Waals surface area contributed by atoms with Crippen LogP contribution in [0.15, 0.2) is 82.9 Å². The van der Waals surface area contributed by atoms with Gasteiger partial charge in [-0.2, -0.15) is 9.97 Å². The van der Waals surface area contributed by atoms with Crippen molar-refractivity contribution in [2.24, 2.45) is 35.0 Å². The second-order valence-electron chi connectivity index (χ2n) is 25.1. The van der Waals surface area contributed by atoms with E-state index in [9.17, 15) is 45.5 Å². The van der Waals surface area contributed by atoms with Gasteiger partial charge in [0.25, 0.3) is 5.56 Å². The fourth-order valence-electron chi connectivity index (χ4n) is 9.59. The Kier molecular flexibility index (Phi) is 40.1. The second kappa shape index (κ2) is 45.7. The lowest BCUT2D eigenvalue weighted by atomic mass is 9.86. The third kappa shape index (κ3) is 39.9. The summed E-state index contributed by atoms with van der Waals surface area (Å²) >= 11 is 39.5. The molecule has 4 heterocycles. The fraction of sp³-hybridized carbons (Fsp3) is 0.538. The second-order valence-corrected chi connectivity index (χ2v) is 27.8. The summed E-state index contributed by atoms with van der Waals surface area (Å²) in [5, 5.41) is 24.4. The van der Waals surface area contributed by atoms with Gasteiger partial charge in [0.2, 0.25) is 16.5 Å². The molecule has 0 atom stereocenters. The SMILES string of the molecule is CC(C)(C)OC(=O)NC1CCC(CN)CC1.CC(C)(C)OC(=O)NC1CCC(CNc2nc(Cl)ncc2Cl)CC1.CCO.Clc1ncc(Cl)c(Cl)n1.NC1CCC(CNc2nc(NCc3ccccc3OC(F)(F)F)ncc2Cl)CC1.NCc1ccccc1OC(F)(F)F.O=c1[nH]cc(Cl)c(=O)[nH]1. The maximum absolute atomic E-state index is 12.5. The number of nitrogens with zero attached hydrogens (tertiary/aromatic N) is 6. The van der Waals surface area contributed by atoms with Crippen LogP contribution in [0, 0.1) is 17.8 Å². The predicted molar refractivity (Wildman–Crippen MR) is 389 cm³/mol. The summed E-state index contributed by atoms with van der Waals surface area (Å²) in [6, 6.07) is 12.4. The smallest absolute Gasteiger partial charge is 0.444 e. The Morgan fingerprint density at radius 2 is 0.990 bits per heavy atom. The molecule has 2 aromatic carbocycles. The number of carbonyl (C=O) groups is 2. The molecule has 2 amide bonds. The van der Waals surface area contributed by atoms with E-state index in [0.29, 0.717) is 55.6 Å². The molecular formula is C65H89Cl7F6N16O9. The molecule has 0 spiro atoms. The summed E-state index contributed by atoms with van der Waals surface area (Å²) < 4.78 is 91.3. The van der Waals surface area contributed by atoms with Crippen LogP contribution >= 0.6 is 81.2 Å². The molecule has 9 rings (SSSR count). The van der Waals surface area contributed by atoms with Crippen molar-refractivity contribution in [1.82, 2.24) is 50.5 Å². The van der Waals surface area contributed by atoms with Gasteiger partial charge in [0.1, 0.15) is 49.4 Å². The highest BCUT2D eigenvalue weighted by molar-refractivity contribution is 6.41. The maximum atomic E-state index is 12.5. The number of carbonyl (C=O) groups excluding carboxylic acids is 2. The Labute approximate surface area is 628 Å². The van der Waals surface area contributed by atoms with Crippen molar-refractivity contribution in [2.75, 3.05) is 42.2 Å². The molecule has 0 radical (unpaired) electrons. The lowest BCUT2D eigenvalue weighted by Gasteiger charge is -2.30. The molecule has 3 fully saturated rings. The minimum Gasteiger partial charge on any atom is -0.444 e. The molecule has 103 heavy (non-hydrogen) atoms. The quantitative estimate of drug-likeness (QED) is 0.0258. The first-order valence-electron chi connectivity index (χ1n) is 32.4. The van der Waals surface area contributed by atoms with Crippen LogP contribution < -0.4 is 64.5 Å². The van der Waals surface area contributed by atoms with Crippen LogP contribution in [0.1, 0.15) is 137 Å². The van der Waals surface area contributed by atoms with Gasteiger partial charge >= 0.3 is 30.6 Å². The van der Waals surface area contributed by atoms with Crippen molar-refractivity contribution < 1.29 is 60.0 Å². The first-order chi connectivity index (χ1) is 48.3. The van der Waals surface area contributed by atoms with Gasteiger partial charge in [-0.1, -0.05) is 94.4 Å². The van der Waals surface area contributed by atoms with Gasteiger partial charge in [0.05, 0.1) is 23.6 Å². The van der Waals surface area contributed by atoms with Crippen LogP contribution in [0.2, 0.25) is 35.8 Å². The van der Waals surface area contributed by atoms with Gasteiger partial charge in [-0.25, -0.2) is 34.3 Å². The first kappa shape index (κ1) is 90.6. The number of nitrogens with two attached hydrogens (primary N) is 3. The summed E-state index contributed by atoms with van der Waals surface area (Å²) in [5.41, 5.74) is 15.4. The summed E-state index contributed by atoms with van der Waals surface area (Å²) in [6.07, 6.45) is 7.64. The number of ether oxygens (including phenoxy) is 4. The lowest BCUT2D eigenvalue weighted by Crippen LogP contribution is -2.41. The third-order valence-corrected chi connectivity index (χ3v) is 16.3. The summed E-state index contributed by atoms with van der Waals surface area (Å²) in [4.78, 5) is 71.6. The van der Waals surface area contributed by atoms with E-state index in [0.717, 1.165) is 103 Å². The Morgan fingerprint density at radius 3 is 1.42 bits per heavy atom. The standard InChI is InChI=1S/C19H23ClF3N5O.C16H24Cl2N4O2.C12H24N2O2.C8H8F3NO.C4HCl3N2.C4H3ClN2O2.C2H6O/c20-15-11-27-18(28-17(15)25-9-12-5-7-14(24)8-6-12)26-10-13-3-1-2-4-16(13)29-19(21,22)23;1-16(2,3)24-15(23)21-11-6-4-10(5-7-11)8-19-13-12(17)9-20-14(18)22-13;1-12(2,3)16-11(15)14-10-6-4-9(8-13)5-7-10;9-8(10,11)13-7-4-2-1-3-6(7)5-12;5-2-1-8-4(7)9-3(2)6;5-2-1-6-4(9)7-3(2)8;1-2-3/h1-4,11-12,14H,5-10,24H2,(H2,25,26,27,28);9-11H,4-8H2,1-3H3,(H,21,23)(H,19,20,22);9-10H,4-8,13H2,1-3H3,(H,14,15);1-4H,5,12H2;1H;1H,(H2,6,7,8,9);3H,2H2,1H3. The number of anilines is 3. The molecule has 25 nitrogen and oxygen atoms in total. The zero-order valence-corrected chi connectivity index (χ0v) is 63.0. The molecule has 0 saturated heterocycles. The number of halogens is 13. The molecule has 0 aliphatic heterocycles. The summed E-state index contributed by atoms with van der Waals surface area (Å²) in [7, 11) is 0. The number of aromatic amines is 2. The first-order valence-corrected chi connectivity index (χ1v) is 35.1. The molecule has 3 aliphatic carbocycles. The highest BCUT2D eigenvalue weighted by atomic mass is 35.5. The van der Waals surface area contributed by atoms with E-state index in [-0.39, 0.29) is 88.2 Å². The number of aliphatic hydroxyl groups is 1. The number of alkyl halides is 6. The number of aliphatic hydroxyl groups excluding tert-OH is 1. The number of hydrogen-bond donors (Lipinski definition) is 11. The normalized spacial score (nSPS) is 17.8. The topological polar surface area (TPSA) is 373 Å². The van der Waals surface area contributed by atoms with Crippen LogP contribution in [0.25, 0.3) is 0 Å². The highest BCUT2D eigenvalue weighted by Crippen LogP contribution is 2.31. The van der Waals surface area contributed by atoms with Gasteiger partial charge < -0.3 is 72.8 Å². The van der Waals surface area contributed by atoms with Gasteiger partial charge in [-0.15, -0.1) is 26.3 Å². The number of nitrogens with one attached hydrogen (secondary N) is 7. The molecule has 4 aromatic heterocycles. The molecule has 3 saturated carbocycles. The van der Waals surface area contributed by atoms with Gasteiger partial charge in [-0.3, -0.25) is 9.78 Å². The maximum Gasteiger partial charge on any atom is 0.573 e. The molecule has 6 aromatic rings. The molecule has 0 bridgehead atoms. The number of amides is 2. The highest BCUT2D eigenvalue weighted by Gasteiger charge is 2.33. The Bertz CT molecular complexity index is 3620. The minimum absolute atomic E-state index is 0.0189. The van der Waals surface area contributed by atoms with Crippen molar-refractivity contribution in [1.29, 1.82) is 0 Å². The van der Waals surface area contributed by atoms with Gasteiger partial charge in [-0.05, 0) is 185 Å². The number of para-hydroxylation sites is 2. The van der Waals surface area contributed by atoms with E-state index in [1.165, 1.54) is 55.0 Å². The predicted octanol–water partition coefficient (Wildman–Crippen LogP) is 15.1.